The predicted octanol–water partition coefficient (Wildman–Crippen LogP) is 2.84. The second kappa shape index (κ2) is 5.97. The molecule has 0 aliphatic heterocycles. The van der Waals surface area contributed by atoms with Gasteiger partial charge in [-0.3, -0.25) is 0 Å². The van der Waals surface area contributed by atoms with E-state index in [-0.39, 0.29) is 11.7 Å². The molecule has 0 aliphatic carbocycles. The Balaban J connectivity index is 2.78. The number of aliphatic hydroxyl groups excluding tert-OH is 1. The molecule has 0 spiro atoms. The average molecular weight is 226 g/mol. The van der Waals surface area contributed by atoms with Gasteiger partial charge >= 0.3 is 0 Å². The van der Waals surface area contributed by atoms with Gasteiger partial charge in [-0.05, 0) is 42.5 Å². The number of hydrogen-bond acceptors (Lipinski definition) is 2. The second-order valence-corrected chi connectivity index (χ2v) is 4.20. The molecular formula is C13H19FO2. The molecule has 3 heteroatoms. The summed E-state index contributed by atoms with van der Waals surface area (Å²) < 4.78 is 18.1. The fourth-order valence-corrected chi connectivity index (χ4v) is 1.70. The number of aryl methyl sites for hydroxylation is 1. The normalized spacial score (nSPS) is 14.8. The van der Waals surface area contributed by atoms with Gasteiger partial charge in [0.1, 0.15) is 5.82 Å². The average Bonchev–Trinajstić information content (AvgIpc) is 2.28. The smallest absolute Gasteiger partial charge is 0.123 e. The maximum atomic E-state index is 13.1. The molecule has 1 aromatic rings. The molecule has 1 aromatic carbocycles. The SMILES string of the molecule is COCCC(C)C(O)c1cc(F)ccc1C. The lowest BCUT2D eigenvalue weighted by Gasteiger charge is -2.20. The molecule has 0 radical (unpaired) electrons. The molecule has 0 fully saturated rings. The summed E-state index contributed by atoms with van der Waals surface area (Å²) in [5.41, 5.74) is 1.58. The van der Waals surface area contributed by atoms with Gasteiger partial charge in [0.05, 0.1) is 6.10 Å². The number of halogens is 1. The van der Waals surface area contributed by atoms with Gasteiger partial charge in [0.15, 0.2) is 0 Å². The largest absolute Gasteiger partial charge is 0.388 e. The van der Waals surface area contributed by atoms with Crippen molar-refractivity contribution in [3.63, 3.8) is 0 Å². The van der Waals surface area contributed by atoms with Gasteiger partial charge in [-0.1, -0.05) is 13.0 Å². The number of rotatable bonds is 5. The van der Waals surface area contributed by atoms with Crippen molar-refractivity contribution >= 4 is 0 Å². The maximum Gasteiger partial charge on any atom is 0.123 e. The van der Waals surface area contributed by atoms with E-state index < -0.39 is 6.10 Å². The van der Waals surface area contributed by atoms with E-state index in [1.807, 2.05) is 13.8 Å². The van der Waals surface area contributed by atoms with Crippen molar-refractivity contribution in [1.82, 2.24) is 0 Å². The molecule has 0 saturated carbocycles. The summed E-state index contributed by atoms with van der Waals surface area (Å²) in [5, 5.41) is 10.1. The van der Waals surface area contributed by atoms with Crippen LogP contribution in [0.15, 0.2) is 18.2 Å². The highest BCUT2D eigenvalue weighted by Gasteiger charge is 2.18. The molecule has 0 saturated heterocycles. The molecular weight excluding hydrogens is 207 g/mol. The third kappa shape index (κ3) is 3.29. The summed E-state index contributed by atoms with van der Waals surface area (Å²) in [6, 6.07) is 4.51. The number of benzene rings is 1. The standard InChI is InChI=1S/C13H19FO2/c1-9-4-5-11(14)8-12(9)13(15)10(2)6-7-16-3/h4-5,8,10,13,15H,6-7H2,1-3H3. The number of hydrogen-bond donors (Lipinski definition) is 1. The van der Waals surface area contributed by atoms with E-state index in [2.05, 4.69) is 0 Å². The summed E-state index contributed by atoms with van der Waals surface area (Å²) in [7, 11) is 1.63. The molecule has 2 atom stereocenters. The fraction of sp³-hybridized carbons (Fsp3) is 0.538. The first-order chi connectivity index (χ1) is 7.56. The topological polar surface area (TPSA) is 29.5 Å². The van der Waals surface area contributed by atoms with Crippen LogP contribution in [0, 0.1) is 18.7 Å². The highest BCUT2D eigenvalue weighted by atomic mass is 19.1. The summed E-state index contributed by atoms with van der Waals surface area (Å²) >= 11 is 0. The van der Waals surface area contributed by atoms with E-state index in [9.17, 15) is 9.50 Å². The predicted molar refractivity (Wildman–Crippen MR) is 61.8 cm³/mol. The molecule has 1 rings (SSSR count). The molecule has 0 bridgehead atoms. The van der Waals surface area contributed by atoms with Gasteiger partial charge in [0, 0.05) is 13.7 Å². The summed E-state index contributed by atoms with van der Waals surface area (Å²) in [5.74, 6) is -0.251. The Morgan fingerprint density at radius 3 is 2.75 bits per heavy atom. The first-order valence-corrected chi connectivity index (χ1v) is 5.49. The lowest BCUT2D eigenvalue weighted by atomic mass is 9.92. The molecule has 90 valence electrons. The minimum atomic E-state index is -0.633. The third-order valence-electron chi connectivity index (χ3n) is 2.88. The van der Waals surface area contributed by atoms with Crippen LogP contribution < -0.4 is 0 Å². The first-order valence-electron chi connectivity index (χ1n) is 5.49. The monoisotopic (exact) mass is 226 g/mol. The van der Waals surface area contributed by atoms with E-state index in [0.29, 0.717) is 12.2 Å². The van der Waals surface area contributed by atoms with Gasteiger partial charge in [-0.15, -0.1) is 0 Å². The van der Waals surface area contributed by atoms with Crippen LogP contribution in [0.2, 0.25) is 0 Å². The van der Waals surface area contributed by atoms with Crippen molar-refractivity contribution in [1.29, 1.82) is 0 Å². The van der Waals surface area contributed by atoms with Crippen LogP contribution in [0.4, 0.5) is 4.39 Å². The Labute approximate surface area is 96.1 Å². The van der Waals surface area contributed by atoms with Crippen molar-refractivity contribution < 1.29 is 14.2 Å². The first kappa shape index (κ1) is 13.1. The summed E-state index contributed by atoms with van der Waals surface area (Å²) in [6.45, 7) is 4.42. The second-order valence-electron chi connectivity index (χ2n) is 4.20. The molecule has 0 aromatic heterocycles. The Bertz CT molecular complexity index is 339. The lowest BCUT2D eigenvalue weighted by molar-refractivity contribution is 0.0879. The zero-order valence-electron chi connectivity index (χ0n) is 10.0. The van der Waals surface area contributed by atoms with Crippen molar-refractivity contribution in [2.45, 2.75) is 26.4 Å². The van der Waals surface area contributed by atoms with Gasteiger partial charge in [-0.25, -0.2) is 4.39 Å². The van der Waals surface area contributed by atoms with E-state index >= 15 is 0 Å². The Morgan fingerprint density at radius 2 is 2.12 bits per heavy atom. The van der Waals surface area contributed by atoms with E-state index in [1.54, 1.807) is 13.2 Å². The molecule has 0 aliphatic rings. The molecule has 16 heavy (non-hydrogen) atoms. The Morgan fingerprint density at radius 1 is 1.44 bits per heavy atom. The van der Waals surface area contributed by atoms with E-state index in [1.165, 1.54) is 12.1 Å². The number of methoxy groups -OCH3 is 1. The molecule has 0 amide bonds. The van der Waals surface area contributed by atoms with Gasteiger partial charge in [0.2, 0.25) is 0 Å². The minimum Gasteiger partial charge on any atom is -0.388 e. The minimum absolute atomic E-state index is 0.0560. The van der Waals surface area contributed by atoms with Crippen molar-refractivity contribution in [2.24, 2.45) is 5.92 Å². The number of ether oxygens (including phenoxy) is 1. The van der Waals surface area contributed by atoms with Crippen LogP contribution in [0.25, 0.3) is 0 Å². The quantitative estimate of drug-likeness (QED) is 0.836. The number of aliphatic hydroxyl groups is 1. The van der Waals surface area contributed by atoms with Crippen LogP contribution in [-0.2, 0) is 4.74 Å². The summed E-state index contributed by atoms with van der Waals surface area (Å²) in [4.78, 5) is 0. The lowest BCUT2D eigenvalue weighted by Crippen LogP contribution is -2.13. The van der Waals surface area contributed by atoms with Crippen LogP contribution in [0.5, 0.6) is 0 Å². The highest BCUT2D eigenvalue weighted by molar-refractivity contribution is 5.28. The summed E-state index contributed by atoms with van der Waals surface area (Å²) in [6.07, 6.45) is 0.124. The fourth-order valence-electron chi connectivity index (χ4n) is 1.70. The van der Waals surface area contributed by atoms with Gasteiger partial charge in [-0.2, -0.15) is 0 Å². The molecule has 2 nitrogen and oxygen atoms in total. The van der Waals surface area contributed by atoms with Crippen LogP contribution in [-0.4, -0.2) is 18.8 Å². The molecule has 1 N–H and O–H groups in total. The Kier molecular flexibility index (Phi) is 4.90. The van der Waals surface area contributed by atoms with Crippen LogP contribution >= 0.6 is 0 Å². The van der Waals surface area contributed by atoms with Gasteiger partial charge in [0.25, 0.3) is 0 Å². The van der Waals surface area contributed by atoms with Crippen LogP contribution in [0.3, 0.4) is 0 Å². The van der Waals surface area contributed by atoms with Crippen molar-refractivity contribution in [2.75, 3.05) is 13.7 Å². The van der Waals surface area contributed by atoms with E-state index in [4.69, 9.17) is 4.74 Å². The van der Waals surface area contributed by atoms with Crippen molar-refractivity contribution in [3.05, 3.63) is 35.1 Å². The molecule has 2 unspecified atom stereocenters. The maximum absolute atomic E-state index is 13.1. The Hall–Kier alpha value is -0.930. The third-order valence-corrected chi connectivity index (χ3v) is 2.88. The zero-order valence-corrected chi connectivity index (χ0v) is 10.0. The molecule has 0 heterocycles. The van der Waals surface area contributed by atoms with E-state index in [0.717, 1.165) is 12.0 Å². The highest BCUT2D eigenvalue weighted by Crippen LogP contribution is 2.27. The van der Waals surface area contributed by atoms with Crippen molar-refractivity contribution in [3.8, 4) is 0 Å². The zero-order chi connectivity index (χ0) is 12.1. The van der Waals surface area contributed by atoms with Crippen LogP contribution in [0.1, 0.15) is 30.6 Å². The van der Waals surface area contributed by atoms with Gasteiger partial charge < -0.3 is 9.84 Å².